The summed E-state index contributed by atoms with van der Waals surface area (Å²) < 4.78 is 38.5. The number of halogens is 3. The number of rotatable bonds is 2. The second kappa shape index (κ2) is 6.10. The van der Waals surface area contributed by atoms with Crippen LogP contribution in [0.5, 0.6) is 0 Å². The van der Waals surface area contributed by atoms with Gasteiger partial charge in [0, 0.05) is 35.9 Å². The van der Waals surface area contributed by atoms with Crippen molar-refractivity contribution in [1.29, 1.82) is 0 Å². The van der Waals surface area contributed by atoms with Crippen molar-refractivity contribution >= 4 is 17.2 Å². The van der Waals surface area contributed by atoms with E-state index in [1.165, 1.54) is 12.1 Å². The van der Waals surface area contributed by atoms with E-state index in [1.54, 1.807) is 12.3 Å². The molecule has 0 aliphatic carbocycles. The van der Waals surface area contributed by atoms with Gasteiger partial charge >= 0.3 is 6.18 Å². The van der Waals surface area contributed by atoms with Gasteiger partial charge in [0.2, 0.25) is 0 Å². The van der Waals surface area contributed by atoms with Crippen LogP contribution in [0.1, 0.15) is 12.0 Å². The van der Waals surface area contributed by atoms with E-state index in [0.29, 0.717) is 25.2 Å². The summed E-state index contributed by atoms with van der Waals surface area (Å²) in [5, 5.41) is 3.82. The topological polar surface area (TPSA) is 68.1 Å². The summed E-state index contributed by atoms with van der Waals surface area (Å²) in [5.74, 6) is 0.763. The molecule has 1 aromatic heterocycles. The maximum atomic E-state index is 12.8. The Bertz CT molecular complexity index is 860. The first kappa shape index (κ1) is 16.5. The molecule has 0 amide bonds. The minimum atomic E-state index is -4.36. The number of aromatic nitrogens is 1. The van der Waals surface area contributed by atoms with Gasteiger partial charge in [-0.2, -0.15) is 13.2 Å². The van der Waals surface area contributed by atoms with E-state index in [-0.39, 0.29) is 12.1 Å². The number of benzene rings is 1. The van der Waals surface area contributed by atoms with Gasteiger partial charge in [0.15, 0.2) is 5.82 Å². The van der Waals surface area contributed by atoms with E-state index in [1.807, 2.05) is 11.0 Å². The Morgan fingerprint density at radius 1 is 1.15 bits per heavy atom. The minimum absolute atomic E-state index is 0.0928. The molecular formula is C17H15F3N6. The lowest BCUT2D eigenvalue weighted by molar-refractivity contribution is -0.137. The highest BCUT2D eigenvalue weighted by molar-refractivity contribution is 5.77. The van der Waals surface area contributed by atoms with Gasteiger partial charge in [-0.15, -0.1) is 0 Å². The van der Waals surface area contributed by atoms with Crippen molar-refractivity contribution in [1.82, 2.24) is 4.98 Å². The molecule has 0 saturated carbocycles. The largest absolute Gasteiger partial charge is 0.416 e. The zero-order valence-electron chi connectivity index (χ0n) is 13.6. The highest BCUT2D eigenvalue weighted by Gasteiger charge is 2.39. The molecule has 2 aliphatic heterocycles. The predicted octanol–water partition coefficient (Wildman–Crippen LogP) is 4.51. The molecule has 1 aromatic carbocycles. The predicted molar refractivity (Wildman–Crippen MR) is 91.4 cm³/mol. The summed E-state index contributed by atoms with van der Waals surface area (Å²) in [6.07, 6.45) is -1.98. The van der Waals surface area contributed by atoms with Crippen LogP contribution >= 0.6 is 0 Å². The van der Waals surface area contributed by atoms with Crippen molar-refractivity contribution in [2.75, 3.05) is 22.9 Å². The molecular weight excluding hydrogens is 345 g/mol. The first-order valence-electron chi connectivity index (χ1n) is 8.18. The quantitative estimate of drug-likeness (QED) is 0.449. The van der Waals surface area contributed by atoms with Gasteiger partial charge in [0.25, 0.3) is 0 Å². The molecule has 1 fully saturated rings. The van der Waals surface area contributed by atoms with Crippen LogP contribution < -0.4 is 9.80 Å². The smallest absolute Gasteiger partial charge is 0.350 e. The molecule has 2 aliphatic rings. The Kier molecular flexibility index (Phi) is 3.88. The Labute approximate surface area is 147 Å². The third-order valence-corrected chi connectivity index (χ3v) is 4.84. The molecule has 3 heterocycles. The minimum Gasteiger partial charge on any atom is -0.350 e. The average Bonchev–Trinajstić information content (AvgIpc) is 3.03. The first-order chi connectivity index (χ1) is 12.5. The molecule has 2 aromatic rings. The number of fused-ring (bicyclic) bond motifs is 3. The van der Waals surface area contributed by atoms with Gasteiger partial charge in [0.05, 0.1) is 17.3 Å². The summed E-state index contributed by atoms with van der Waals surface area (Å²) >= 11 is 0. The SMILES string of the molecule is [N-]=[N+]=N[C@@H]1C[C@@H]2CN(c3ccc(C(F)(F)F)cc3)c3cccnc3N2C1. The molecule has 0 bridgehead atoms. The summed E-state index contributed by atoms with van der Waals surface area (Å²) in [6, 6.07) is 8.81. The highest BCUT2D eigenvalue weighted by Crippen LogP contribution is 2.42. The molecule has 26 heavy (non-hydrogen) atoms. The maximum absolute atomic E-state index is 12.8. The monoisotopic (exact) mass is 360 g/mol. The molecule has 0 N–H and O–H groups in total. The van der Waals surface area contributed by atoms with Crippen molar-refractivity contribution in [3.8, 4) is 0 Å². The summed E-state index contributed by atoms with van der Waals surface area (Å²) in [5.41, 5.74) is 9.55. The Hall–Kier alpha value is -2.93. The average molecular weight is 360 g/mol. The molecule has 4 rings (SSSR count). The molecule has 2 atom stereocenters. The first-order valence-corrected chi connectivity index (χ1v) is 8.18. The van der Waals surface area contributed by atoms with Crippen molar-refractivity contribution in [2.45, 2.75) is 24.7 Å². The van der Waals surface area contributed by atoms with Crippen molar-refractivity contribution < 1.29 is 13.2 Å². The lowest BCUT2D eigenvalue weighted by Crippen LogP contribution is -2.44. The third-order valence-electron chi connectivity index (χ3n) is 4.84. The van der Waals surface area contributed by atoms with E-state index < -0.39 is 11.7 Å². The Balaban J connectivity index is 1.70. The van der Waals surface area contributed by atoms with Crippen LogP contribution in [0, 0.1) is 0 Å². The molecule has 0 spiro atoms. The van der Waals surface area contributed by atoms with E-state index in [4.69, 9.17) is 5.53 Å². The van der Waals surface area contributed by atoms with Crippen LogP contribution in [0.15, 0.2) is 47.7 Å². The van der Waals surface area contributed by atoms with E-state index in [2.05, 4.69) is 19.9 Å². The number of pyridine rings is 1. The molecule has 0 radical (unpaired) electrons. The van der Waals surface area contributed by atoms with Gasteiger partial charge in [-0.05, 0) is 48.4 Å². The lowest BCUT2D eigenvalue weighted by atomic mass is 10.1. The fraction of sp³-hybridized carbons (Fsp3) is 0.353. The van der Waals surface area contributed by atoms with Crippen LogP contribution in [0.4, 0.5) is 30.4 Å². The second-order valence-electron chi connectivity index (χ2n) is 6.40. The van der Waals surface area contributed by atoms with Crippen molar-refractivity contribution in [3.05, 3.63) is 58.6 Å². The van der Waals surface area contributed by atoms with Crippen LogP contribution in [-0.2, 0) is 6.18 Å². The normalized spacial score (nSPS) is 21.8. The second-order valence-corrected chi connectivity index (χ2v) is 6.40. The fourth-order valence-corrected chi connectivity index (χ4v) is 3.69. The van der Waals surface area contributed by atoms with Crippen LogP contribution in [0.25, 0.3) is 10.4 Å². The number of azide groups is 1. The summed E-state index contributed by atoms with van der Waals surface area (Å²) in [6.45, 7) is 1.20. The Morgan fingerprint density at radius 2 is 1.92 bits per heavy atom. The van der Waals surface area contributed by atoms with Crippen LogP contribution in [-0.4, -0.2) is 30.2 Å². The standard InChI is InChI=1S/C17H15F3N6/c18-17(19,20)11-3-5-13(6-4-11)25-10-14-8-12(23-24-21)9-26(14)16-15(25)2-1-7-22-16/h1-7,12,14H,8-10H2/t12-,14-/m1/s1. The van der Waals surface area contributed by atoms with Gasteiger partial charge in [-0.1, -0.05) is 5.11 Å². The van der Waals surface area contributed by atoms with Crippen LogP contribution in [0.3, 0.4) is 0 Å². The fourth-order valence-electron chi connectivity index (χ4n) is 3.69. The number of nitrogens with zero attached hydrogens (tertiary/aromatic N) is 6. The Morgan fingerprint density at radius 3 is 2.62 bits per heavy atom. The zero-order valence-corrected chi connectivity index (χ0v) is 13.6. The third kappa shape index (κ3) is 2.80. The van der Waals surface area contributed by atoms with Gasteiger partial charge in [0.1, 0.15) is 0 Å². The highest BCUT2D eigenvalue weighted by atomic mass is 19.4. The number of hydrogen-bond acceptors (Lipinski definition) is 4. The van der Waals surface area contributed by atoms with Gasteiger partial charge in [-0.25, -0.2) is 4.98 Å². The molecule has 0 unspecified atom stereocenters. The molecule has 1 saturated heterocycles. The number of anilines is 3. The van der Waals surface area contributed by atoms with E-state index >= 15 is 0 Å². The number of alkyl halides is 3. The van der Waals surface area contributed by atoms with Gasteiger partial charge < -0.3 is 9.80 Å². The van der Waals surface area contributed by atoms with Crippen molar-refractivity contribution in [3.63, 3.8) is 0 Å². The van der Waals surface area contributed by atoms with E-state index in [0.717, 1.165) is 23.6 Å². The summed E-state index contributed by atoms with van der Waals surface area (Å²) in [7, 11) is 0. The van der Waals surface area contributed by atoms with Crippen molar-refractivity contribution in [2.24, 2.45) is 5.11 Å². The van der Waals surface area contributed by atoms with Gasteiger partial charge in [-0.3, -0.25) is 0 Å². The zero-order chi connectivity index (χ0) is 18.3. The summed E-state index contributed by atoms with van der Waals surface area (Å²) in [4.78, 5) is 11.5. The molecule has 9 heteroatoms. The molecule has 134 valence electrons. The van der Waals surface area contributed by atoms with E-state index in [9.17, 15) is 13.2 Å². The lowest BCUT2D eigenvalue weighted by Gasteiger charge is -2.40. The van der Waals surface area contributed by atoms with Crippen LogP contribution in [0.2, 0.25) is 0 Å². The number of hydrogen-bond donors (Lipinski definition) is 0. The maximum Gasteiger partial charge on any atom is 0.416 e. The molecule has 6 nitrogen and oxygen atoms in total.